The van der Waals surface area contributed by atoms with E-state index in [1.54, 1.807) is 17.4 Å². The minimum atomic E-state index is -0.199. The van der Waals surface area contributed by atoms with Crippen LogP contribution in [0.2, 0.25) is 0 Å². The number of thiophene rings is 1. The van der Waals surface area contributed by atoms with Gasteiger partial charge in [-0.2, -0.15) is 0 Å². The molecule has 18 heavy (non-hydrogen) atoms. The number of nitrogens with one attached hydrogen (secondary N) is 1. The van der Waals surface area contributed by atoms with E-state index in [0.717, 1.165) is 18.4 Å². The molecule has 1 unspecified atom stereocenters. The van der Waals surface area contributed by atoms with E-state index in [0.29, 0.717) is 5.56 Å². The van der Waals surface area contributed by atoms with Crippen LogP contribution in [0.4, 0.5) is 4.39 Å². The van der Waals surface area contributed by atoms with Gasteiger partial charge in [-0.15, -0.1) is 11.3 Å². The lowest BCUT2D eigenvalue weighted by molar-refractivity contribution is 0.486. The molecule has 3 N–H and O–H groups in total. The summed E-state index contributed by atoms with van der Waals surface area (Å²) < 4.78 is 13.8. The molecule has 2 aromatic rings. The van der Waals surface area contributed by atoms with E-state index in [1.165, 1.54) is 10.9 Å². The molecule has 2 nitrogen and oxygen atoms in total. The summed E-state index contributed by atoms with van der Waals surface area (Å²) in [5.74, 6) is 5.35. The first-order valence-corrected chi connectivity index (χ1v) is 6.83. The molecular formula is C14H17FN2S. The average molecular weight is 264 g/mol. The molecule has 2 rings (SSSR count). The first-order chi connectivity index (χ1) is 8.70. The molecule has 0 spiro atoms. The zero-order chi connectivity index (χ0) is 13.0. The third kappa shape index (κ3) is 3.16. The number of nitrogens with two attached hydrogens (primary N) is 1. The lowest BCUT2D eigenvalue weighted by atomic mass is 10.00. The minimum Gasteiger partial charge on any atom is -0.271 e. The topological polar surface area (TPSA) is 38.0 Å². The predicted molar refractivity (Wildman–Crippen MR) is 73.8 cm³/mol. The van der Waals surface area contributed by atoms with Crippen LogP contribution in [0.15, 0.2) is 35.7 Å². The lowest BCUT2D eigenvalue weighted by Crippen LogP contribution is -2.29. The summed E-state index contributed by atoms with van der Waals surface area (Å²) in [6, 6.07) is 9.09. The van der Waals surface area contributed by atoms with Crippen molar-refractivity contribution in [1.82, 2.24) is 5.43 Å². The van der Waals surface area contributed by atoms with Crippen molar-refractivity contribution < 1.29 is 4.39 Å². The van der Waals surface area contributed by atoms with Crippen LogP contribution in [0, 0.1) is 12.7 Å². The number of benzene rings is 1. The smallest absolute Gasteiger partial charge is 0.128 e. The Kier molecular flexibility index (Phi) is 4.47. The van der Waals surface area contributed by atoms with Crippen molar-refractivity contribution in [3.63, 3.8) is 0 Å². The molecule has 1 heterocycles. The second-order valence-corrected chi connectivity index (χ2v) is 5.39. The second kappa shape index (κ2) is 6.09. The SMILES string of the molecule is Cc1ccc(F)c(C(CCc2cccs2)NN)c1. The number of rotatable bonds is 5. The number of aryl methyl sites for hydroxylation is 2. The summed E-state index contributed by atoms with van der Waals surface area (Å²) >= 11 is 1.72. The Bertz CT molecular complexity index is 497. The summed E-state index contributed by atoms with van der Waals surface area (Å²) in [4.78, 5) is 1.29. The van der Waals surface area contributed by atoms with Gasteiger partial charge in [0.25, 0.3) is 0 Å². The molecule has 0 aliphatic carbocycles. The fraction of sp³-hybridized carbons (Fsp3) is 0.286. The molecule has 0 aliphatic rings. The van der Waals surface area contributed by atoms with Gasteiger partial charge in [0.1, 0.15) is 5.82 Å². The highest BCUT2D eigenvalue weighted by molar-refractivity contribution is 7.09. The molecule has 1 atom stereocenters. The summed E-state index contributed by atoms with van der Waals surface area (Å²) in [7, 11) is 0. The molecule has 0 aliphatic heterocycles. The number of halogens is 1. The molecule has 0 fully saturated rings. The third-order valence-corrected chi connectivity index (χ3v) is 3.92. The van der Waals surface area contributed by atoms with E-state index in [4.69, 9.17) is 5.84 Å². The molecule has 96 valence electrons. The average Bonchev–Trinajstić information content (AvgIpc) is 2.87. The van der Waals surface area contributed by atoms with Crippen LogP contribution < -0.4 is 11.3 Å². The van der Waals surface area contributed by atoms with Gasteiger partial charge in [0, 0.05) is 16.5 Å². The first-order valence-electron chi connectivity index (χ1n) is 5.95. The maximum Gasteiger partial charge on any atom is 0.128 e. The highest BCUT2D eigenvalue weighted by atomic mass is 32.1. The van der Waals surface area contributed by atoms with Gasteiger partial charge < -0.3 is 0 Å². The monoisotopic (exact) mass is 264 g/mol. The van der Waals surface area contributed by atoms with Gasteiger partial charge in [-0.3, -0.25) is 11.3 Å². The van der Waals surface area contributed by atoms with E-state index in [-0.39, 0.29) is 11.9 Å². The van der Waals surface area contributed by atoms with E-state index >= 15 is 0 Å². The maximum atomic E-state index is 13.8. The fourth-order valence-electron chi connectivity index (χ4n) is 2.00. The quantitative estimate of drug-likeness (QED) is 0.642. The molecule has 0 saturated carbocycles. The predicted octanol–water partition coefficient (Wildman–Crippen LogP) is 3.33. The highest BCUT2D eigenvalue weighted by Crippen LogP contribution is 2.23. The van der Waals surface area contributed by atoms with Crippen LogP contribution in [0.1, 0.15) is 28.5 Å². The molecule has 1 aromatic carbocycles. The number of hydrogen-bond donors (Lipinski definition) is 2. The molecule has 0 amide bonds. The van der Waals surface area contributed by atoms with Crippen molar-refractivity contribution in [2.45, 2.75) is 25.8 Å². The Morgan fingerprint density at radius 1 is 1.39 bits per heavy atom. The standard InChI is InChI=1S/C14H17FN2S/c1-10-4-6-13(15)12(9-10)14(17-16)7-5-11-3-2-8-18-11/h2-4,6,8-9,14,17H,5,7,16H2,1H3. The maximum absolute atomic E-state index is 13.8. The van der Waals surface area contributed by atoms with Crippen molar-refractivity contribution in [3.05, 3.63) is 57.5 Å². The first kappa shape index (κ1) is 13.2. The summed E-state index contributed by atoms with van der Waals surface area (Å²) in [5.41, 5.74) is 4.40. The molecule has 4 heteroatoms. The Morgan fingerprint density at radius 2 is 2.22 bits per heavy atom. The zero-order valence-electron chi connectivity index (χ0n) is 10.3. The molecule has 1 aromatic heterocycles. The van der Waals surface area contributed by atoms with Crippen molar-refractivity contribution in [3.8, 4) is 0 Å². The second-order valence-electron chi connectivity index (χ2n) is 4.36. The summed E-state index contributed by atoms with van der Waals surface area (Å²) in [6.07, 6.45) is 1.69. The van der Waals surface area contributed by atoms with Crippen LogP contribution in [-0.2, 0) is 6.42 Å². The third-order valence-electron chi connectivity index (χ3n) is 2.99. The van der Waals surface area contributed by atoms with Gasteiger partial charge in [0.2, 0.25) is 0 Å². The van der Waals surface area contributed by atoms with Crippen LogP contribution in [0.25, 0.3) is 0 Å². The van der Waals surface area contributed by atoms with Crippen molar-refractivity contribution in [1.29, 1.82) is 0 Å². The minimum absolute atomic E-state index is 0.146. The Hall–Kier alpha value is -1.23. The van der Waals surface area contributed by atoms with E-state index < -0.39 is 0 Å². The van der Waals surface area contributed by atoms with Gasteiger partial charge in [-0.05, 0) is 37.3 Å². The molecule has 0 bridgehead atoms. The Labute approximate surface area is 111 Å². The summed E-state index contributed by atoms with van der Waals surface area (Å²) in [5, 5.41) is 2.05. The van der Waals surface area contributed by atoms with Gasteiger partial charge in [0.05, 0.1) is 0 Å². The molecule has 0 saturated heterocycles. The summed E-state index contributed by atoms with van der Waals surface area (Å²) in [6.45, 7) is 1.95. The van der Waals surface area contributed by atoms with Crippen LogP contribution in [0.3, 0.4) is 0 Å². The van der Waals surface area contributed by atoms with Crippen molar-refractivity contribution in [2.75, 3.05) is 0 Å². The normalized spacial score (nSPS) is 12.6. The lowest BCUT2D eigenvalue weighted by Gasteiger charge is -2.17. The van der Waals surface area contributed by atoms with E-state index in [9.17, 15) is 4.39 Å². The van der Waals surface area contributed by atoms with Gasteiger partial charge >= 0.3 is 0 Å². The Balaban J connectivity index is 2.10. The fourth-order valence-corrected chi connectivity index (χ4v) is 2.73. The van der Waals surface area contributed by atoms with Gasteiger partial charge in [0.15, 0.2) is 0 Å². The highest BCUT2D eigenvalue weighted by Gasteiger charge is 2.14. The van der Waals surface area contributed by atoms with E-state index in [2.05, 4.69) is 11.5 Å². The van der Waals surface area contributed by atoms with Crippen LogP contribution in [0.5, 0.6) is 0 Å². The largest absolute Gasteiger partial charge is 0.271 e. The van der Waals surface area contributed by atoms with E-state index in [1.807, 2.05) is 24.4 Å². The molecular weight excluding hydrogens is 247 g/mol. The van der Waals surface area contributed by atoms with Crippen molar-refractivity contribution >= 4 is 11.3 Å². The number of hydrazine groups is 1. The molecule has 0 radical (unpaired) electrons. The van der Waals surface area contributed by atoms with Crippen molar-refractivity contribution in [2.24, 2.45) is 5.84 Å². The van der Waals surface area contributed by atoms with Gasteiger partial charge in [-0.25, -0.2) is 4.39 Å². The Morgan fingerprint density at radius 3 is 2.89 bits per heavy atom. The van der Waals surface area contributed by atoms with Crippen LogP contribution >= 0.6 is 11.3 Å². The number of hydrogen-bond acceptors (Lipinski definition) is 3. The zero-order valence-corrected chi connectivity index (χ0v) is 11.1. The van der Waals surface area contributed by atoms with Gasteiger partial charge in [-0.1, -0.05) is 23.8 Å². The van der Waals surface area contributed by atoms with Crippen LogP contribution in [-0.4, -0.2) is 0 Å².